The first kappa shape index (κ1) is 16.5. The van der Waals surface area contributed by atoms with Crippen molar-refractivity contribution in [3.05, 3.63) is 64.0 Å². The Morgan fingerprint density at radius 1 is 1.17 bits per heavy atom. The molecule has 0 aliphatic carbocycles. The van der Waals surface area contributed by atoms with Gasteiger partial charge in [0, 0.05) is 11.5 Å². The van der Waals surface area contributed by atoms with E-state index in [2.05, 4.69) is 25.9 Å². The quantitative estimate of drug-likeness (QED) is 0.646. The van der Waals surface area contributed by atoms with Crippen molar-refractivity contribution in [1.82, 2.24) is 9.78 Å². The van der Waals surface area contributed by atoms with Gasteiger partial charge in [0.05, 0.1) is 11.4 Å². The van der Waals surface area contributed by atoms with Crippen molar-refractivity contribution in [2.24, 2.45) is 0 Å². The van der Waals surface area contributed by atoms with E-state index in [1.54, 1.807) is 10.7 Å². The van der Waals surface area contributed by atoms with Gasteiger partial charge in [0.2, 0.25) is 5.88 Å². The number of benzene rings is 1. The van der Waals surface area contributed by atoms with Crippen LogP contribution < -0.4 is 4.74 Å². The van der Waals surface area contributed by atoms with Crippen LogP contribution in [0.15, 0.2) is 47.8 Å². The average molecular weight is 340 g/mol. The van der Waals surface area contributed by atoms with Crippen LogP contribution in [0.4, 0.5) is 0 Å². The number of aromatic nitrogens is 2. The lowest BCUT2D eigenvalue weighted by Gasteiger charge is -2.13. The van der Waals surface area contributed by atoms with E-state index in [1.807, 2.05) is 48.7 Å². The summed E-state index contributed by atoms with van der Waals surface area (Å²) in [7, 11) is 0. The lowest BCUT2D eigenvalue weighted by molar-refractivity contribution is 0.0728. The van der Waals surface area contributed by atoms with Gasteiger partial charge in [-0.15, -0.1) is 11.3 Å². The summed E-state index contributed by atoms with van der Waals surface area (Å²) in [6, 6.07) is 13.4. The zero-order chi connectivity index (χ0) is 17.3. The van der Waals surface area contributed by atoms with E-state index in [4.69, 9.17) is 4.74 Å². The molecule has 1 aromatic carbocycles. The smallest absolute Gasteiger partial charge is 0.355 e. The van der Waals surface area contributed by atoms with Gasteiger partial charge < -0.3 is 4.74 Å². The fraction of sp³-hybridized carbons (Fsp3) is 0.263. The van der Waals surface area contributed by atoms with Crippen molar-refractivity contribution in [2.45, 2.75) is 33.1 Å². The molecule has 124 valence electrons. The highest BCUT2D eigenvalue weighted by atomic mass is 32.1. The molecule has 0 N–H and O–H groups in total. The van der Waals surface area contributed by atoms with E-state index < -0.39 is 0 Å². The number of ether oxygens (including phenoxy) is 1. The topological polar surface area (TPSA) is 44.1 Å². The van der Waals surface area contributed by atoms with Gasteiger partial charge in [0.15, 0.2) is 0 Å². The molecule has 5 heteroatoms. The Morgan fingerprint density at radius 3 is 2.46 bits per heavy atom. The molecule has 0 atom stereocenters. The third-order valence-electron chi connectivity index (χ3n) is 3.64. The summed E-state index contributed by atoms with van der Waals surface area (Å²) in [5.41, 5.74) is 2.77. The molecule has 0 saturated heterocycles. The molecule has 0 saturated carbocycles. The molecule has 24 heavy (non-hydrogen) atoms. The maximum Gasteiger partial charge on any atom is 0.355 e. The highest BCUT2D eigenvalue weighted by Crippen LogP contribution is 2.28. The van der Waals surface area contributed by atoms with Crippen LogP contribution in [-0.4, -0.2) is 15.7 Å². The van der Waals surface area contributed by atoms with Gasteiger partial charge in [-0.1, -0.05) is 44.5 Å². The summed E-state index contributed by atoms with van der Waals surface area (Å²) in [5, 5.41) is 6.51. The molecule has 2 aromatic heterocycles. The van der Waals surface area contributed by atoms with Gasteiger partial charge in [0.25, 0.3) is 0 Å². The number of aryl methyl sites for hydroxylation is 1. The van der Waals surface area contributed by atoms with Crippen LogP contribution in [0.5, 0.6) is 5.88 Å². The van der Waals surface area contributed by atoms with Crippen molar-refractivity contribution in [1.29, 1.82) is 0 Å². The van der Waals surface area contributed by atoms with Gasteiger partial charge in [-0.2, -0.15) is 5.10 Å². The predicted molar refractivity (Wildman–Crippen MR) is 96.3 cm³/mol. The molecule has 0 aliphatic rings. The van der Waals surface area contributed by atoms with Crippen molar-refractivity contribution in [3.8, 4) is 11.6 Å². The van der Waals surface area contributed by atoms with E-state index in [9.17, 15) is 4.79 Å². The second-order valence-corrected chi connectivity index (χ2v) is 7.68. The molecule has 3 aromatic rings. The molecule has 0 spiro atoms. The normalized spacial score (nSPS) is 11.5. The Balaban J connectivity index is 2.01. The predicted octanol–water partition coefficient (Wildman–Crippen LogP) is 4.76. The molecule has 4 nitrogen and oxygen atoms in total. The fourth-order valence-electron chi connectivity index (χ4n) is 2.21. The molecule has 0 bridgehead atoms. The molecule has 0 aliphatic heterocycles. The minimum atomic E-state index is -0.362. The molecular weight excluding hydrogens is 320 g/mol. The lowest BCUT2D eigenvalue weighted by atomic mass is 9.93. The molecular formula is C19H20N2O2S. The van der Waals surface area contributed by atoms with Crippen LogP contribution in [-0.2, 0) is 5.41 Å². The Hall–Kier alpha value is -2.40. The first-order chi connectivity index (χ1) is 11.3. The number of carbonyl (C=O) groups is 1. The van der Waals surface area contributed by atoms with Crippen LogP contribution in [0.3, 0.4) is 0 Å². The van der Waals surface area contributed by atoms with Crippen LogP contribution in [0.2, 0.25) is 0 Å². The van der Waals surface area contributed by atoms with E-state index >= 15 is 0 Å². The summed E-state index contributed by atoms with van der Waals surface area (Å²) in [5.74, 6) is 0.0703. The Bertz CT molecular complexity index is 841. The third-order valence-corrected chi connectivity index (χ3v) is 4.49. The van der Waals surface area contributed by atoms with Crippen molar-refractivity contribution in [2.75, 3.05) is 0 Å². The minimum Gasteiger partial charge on any atom is -0.403 e. The minimum absolute atomic E-state index is 0.139. The molecule has 3 rings (SSSR count). The summed E-state index contributed by atoms with van der Waals surface area (Å²) in [4.78, 5) is 12.9. The number of thiophene rings is 1. The van der Waals surface area contributed by atoms with Gasteiger partial charge in [0.1, 0.15) is 4.88 Å². The SMILES string of the molecule is Cc1ccc(-n2nc(C(C)(C)C)cc2OC(=O)c2cccs2)cc1. The van der Waals surface area contributed by atoms with Gasteiger partial charge >= 0.3 is 5.97 Å². The Kier molecular flexibility index (Phi) is 4.28. The maximum atomic E-state index is 12.3. The zero-order valence-electron chi connectivity index (χ0n) is 14.2. The average Bonchev–Trinajstić information content (AvgIpc) is 3.16. The third kappa shape index (κ3) is 3.41. The summed E-state index contributed by atoms with van der Waals surface area (Å²) in [6.45, 7) is 8.28. The number of esters is 1. The largest absolute Gasteiger partial charge is 0.403 e. The summed E-state index contributed by atoms with van der Waals surface area (Å²) in [6.07, 6.45) is 0. The zero-order valence-corrected chi connectivity index (χ0v) is 15.1. The summed E-state index contributed by atoms with van der Waals surface area (Å²) < 4.78 is 7.31. The number of hydrogen-bond acceptors (Lipinski definition) is 4. The second-order valence-electron chi connectivity index (χ2n) is 6.73. The van der Waals surface area contributed by atoms with Gasteiger partial charge in [-0.05, 0) is 30.5 Å². The fourth-order valence-corrected chi connectivity index (χ4v) is 2.81. The van der Waals surface area contributed by atoms with Gasteiger partial charge in [-0.3, -0.25) is 0 Å². The van der Waals surface area contributed by atoms with Crippen molar-refractivity contribution < 1.29 is 9.53 Å². The van der Waals surface area contributed by atoms with Crippen molar-refractivity contribution >= 4 is 17.3 Å². The van der Waals surface area contributed by atoms with Gasteiger partial charge in [-0.25, -0.2) is 9.48 Å². The molecule has 0 radical (unpaired) electrons. The van der Waals surface area contributed by atoms with Crippen LogP contribution >= 0.6 is 11.3 Å². The molecule has 2 heterocycles. The number of carbonyl (C=O) groups excluding carboxylic acids is 1. The Labute approximate surface area is 145 Å². The maximum absolute atomic E-state index is 12.3. The van der Waals surface area contributed by atoms with Crippen LogP contribution in [0.25, 0.3) is 5.69 Å². The lowest BCUT2D eigenvalue weighted by Crippen LogP contribution is -2.12. The van der Waals surface area contributed by atoms with E-state index in [0.717, 1.165) is 11.4 Å². The second kappa shape index (κ2) is 6.24. The number of hydrogen-bond donors (Lipinski definition) is 0. The molecule has 0 amide bonds. The monoisotopic (exact) mass is 340 g/mol. The first-order valence-electron chi connectivity index (χ1n) is 7.78. The van der Waals surface area contributed by atoms with E-state index in [-0.39, 0.29) is 11.4 Å². The Morgan fingerprint density at radius 2 is 1.88 bits per heavy atom. The number of rotatable bonds is 3. The van der Waals surface area contributed by atoms with E-state index in [1.165, 1.54) is 16.9 Å². The number of nitrogens with zero attached hydrogens (tertiary/aromatic N) is 2. The highest BCUT2D eigenvalue weighted by Gasteiger charge is 2.23. The van der Waals surface area contributed by atoms with Crippen LogP contribution in [0.1, 0.15) is 41.7 Å². The first-order valence-corrected chi connectivity index (χ1v) is 8.66. The molecule has 0 fully saturated rings. The van der Waals surface area contributed by atoms with Crippen molar-refractivity contribution in [3.63, 3.8) is 0 Å². The highest BCUT2D eigenvalue weighted by molar-refractivity contribution is 7.12. The standard InChI is InChI=1S/C19H20N2O2S/c1-13-7-9-14(10-8-13)21-17(12-16(20-21)19(2,3)4)23-18(22)15-6-5-11-24-15/h5-12H,1-4H3. The van der Waals surface area contributed by atoms with Crippen LogP contribution in [0, 0.1) is 6.92 Å². The summed E-state index contributed by atoms with van der Waals surface area (Å²) >= 11 is 1.36. The molecule has 0 unspecified atom stereocenters. The van der Waals surface area contributed by atoms with E-state index in [0.29, 0.717) is 10.8 Å².